The molecule has 0 aromatic carbocycles. The second-order valence-electron chi connectivity index (χ2n) is 5.61. The zero-order chi connectivity index (χ0) is 15.4. The lowest BCUT2D eigenvalue weighted by molar-refractivity contribution is -0.131. The van der Waals surface area contributed by atoms with Gasteiger partial charge in [0, 0.05) is 37.3 Å². The van der Waals surface area contributed by atoms with Gasteiger partial charge in [-0.25, -0.2) is 9.59 Å². The van der Waals surface area contributed by atoms with Crippen LogP contribution in [0.4, 0.5) is 4.79 Å². The van der Waals surface area contributed by atoms with Crippen LogP contribution in [0.25, 0.3) is 0 Å². The van der Waals surface area contributed by atoms with E-state index in [9.17, 15) is 14.4 Å². The Bertz CT molecular complexity index is 463. The molecule has 2 saturated heterocycles. The molecule has 2 unspecified atom stereocenters. The first-order chi connectivity index (χ1) is 9.97. The fourth-order valence-corrected chi connectivity index (χ4v) is 3.00. The van der Waals surface area contributed by atoms with Gasteiger partial charge in [0.1, 0.15) is 0 Å². The number of fused-ring (bicyclic) bond motifs is 1. The van der Waals surface area contributed by atoms with Crippen molar-refractivity contribution in [3.05, 3.63) is 12.2 Å². The molecule has 21 heavy (non-hydrogen) atoms. The summed E-state index contributed by atoms with van der Waals surface area (Å²) < 4.78 is 0. The molecule has 0 aromatic rings. The molecule has 2 fully saturated rings. The Morgan fingerprint density at radius 3 is 2.67 bits per heavy atom. The van der Waals surface area contributed by atoms with E-state index in [1.54, 1.807) is 4.90 Å². The Labute approximate surface area is 123 Å². The van der Waals surface area contributed by atoms with E-state index in [0.717, 1.165) is 25.6 Å². The molecule has 3 amide bonds. The predicted octanol–water partition coefficient (Wildman–Crippen LogP) is 0.422. The van der Waals surface area contributed by atoms with Crippen molar-refractivity contribution in [3.8, 4) is 0 Å². The summed E-state index contributed by atoms with van der Waals surface area (Å²) >= 11 is 0. The number of piperazine rings is 1. The monoisotopic (exact) mass is 295 g/mol. The first-order valence-corrected chi connectivity index (χ1v) is 7.24. The smallest absolute Gasteiger partial charge is 0.328 e. The van der Waals surface area contributed by atoms with Crippen LogP contribution < -0.4 is 5.32 Å². The zero-order valence-electron chi connectivity index (χ0n) is 12.1. The Morgan fingerprint density at radius 1 is 1.19 bits per heavy atom. The minimum atomic E-state index is -1.22. The van der Waals surface area contributed by atoms with Crippen molar-refractivity contribution in [3.63, 3.8) is 0 Å². The van der Waals surface area contributed by atoms with Crippen LogP contribution in [-0.2, 0) is 9.59 Å². The van der Waals surface area contributed by atoms with Crippen LogP contribution >= 0.6 is 0 Å². The van der Waals surface area contributed by atoms with Crippen LogP contribution in [0, 0.1) is 0 Å². The zero-order valence-corrected chi connectivity index (χ0v) is 12.1. The summed E-state index contributed by atoms with van der Waals surface area (Å²) in [5.41, 5.74) is 0. The minimum absolute atomic E-state index is 0.0376. The standard InChI is InChI=1S/C14H21N3O4/c1-10-8-16-7-3-2-4-11(16)9-17(10)14(21)15-12(18)5-6-13(19)20/h5-6,10-11H,2-4,7-9H2,1H3,(H,19,20)(H,15,18,21)/b6-5+. The molecule has 0 spiro atoms. The number of carbonyl (C=O) groups excluding carboxylic acids is 2. The highest BCUT2D eigenvalue weighted by Gasteiger charge is 2.35. The van der Waals surface area contributed by atoms with Crippen molar-refractivity contribution in [1.82, 2.24) is 15.1 Å². The average molecular weight is 295 g/mol. The van der Waals surface area contributed by atoms with Gasteiger partial charge in [-0.3, -0.25) is 15.0 Å². The van der Waals surface area contributed by atoms with Crippen LogP contribution in [0.2, 0.25) is 0 Å². The van der Waals surface area contributed by atoms with Gasteiger partial charge in [0.25, 0.3) is 5.91 Å². The van der Waals surface area contributed by atoms with E-state index in [4.69, 9.17) is 5.11 Å². The number of carboxylic acids is 1. The molecule has 0 bridgehead atoms. The number of amides is 3. The molecular weight excluding hydrogens is 274 g/mol. The second-order valence-corrected chi connectivity index (χ2v) is 5.61. The molecular formula is C14H21N3O4. The summed E-state index contributed by atoms with van der Waals surface area (Å²) in [6.45, 7) is 4.47. The quantitative estimate of drug-likeness (QED) is 0.721. The number of nitrogens with zero attached hydrogens (tertiary/aromatic N) is 2. The molecule has 0 aromatic heterocycles. The molecule has 0 saturated carbocycles. The summed E-state index contributed by atoms with van der Waals surface area (Å²) in [5.74, 6) is -1.93. The maximum Gasteiger partial charge on any atom is 0.328 e. The number of aliphatic carboxylic acids is 1. The third kappa shape index (κ3) is 4.04. The van der Waals surface area contributed by atoms with E-state index in [1.165, 1.54) is 12.8 Å². The predicted molar refractivity (Wildman–Crippen MR) is 75.7 cm³/mol. The van der Waals surface area contributed by atoms with Crippen molar-refractivity contribution in [1.29, 1.82) is 0 Å². The lowest BCUT2D eigenvalue weighted by Gasteiger charge is -2.47. The van der Waals surface area contributed by atoms with Gasteiger partial charge in [-0.15, -0.1) is 0 Å². The molecule has 0 aliphatic carbocycles. The van der Waals surface area contributed by atoms with Gasteiger partial charge in [-0.2, -0.15) is 0 Å². The highest BCUT2D eigenvalue weighted by Crippen LogP contribution is 2.23. The number of piperidine rings is 1. The molecule has 2 heterocycles. The molecule has 2 aliphatic rings. The van der Waals surface area contributed by atoms with E-state index < -0.39 is 17.9 Å². The van der Waals surface area contributed by atoms with Crippen LogP contribution in [0.1, 0.15) is 26.2 Å². The molecule has 2 atom stereocenters. The number of hydrogen-bond acceptors (Lipinski definition) is 4. The topological polar surface area (TPSA) is 90.0 Å². The van der Waals surface area contributed by atoms with Gasteiger partial charge in [0.15, 0.2) is 0 Å². The van der Waals surface area contributed by atoms with Crippen LogP contribution in [-0.4, -0.2) is 64.5 Å². The first kappa shape index (κ1) is 15.5. The molecule has 7 nitrogen and oxygen atoms in total. The van der Waals surface area contributed by atoms with Gasteiger partial charge in [-0.1, -0.05) is 6.42 Å². The van der Waals surface area contributed by atoms with Crippen LogP contribution in [0.15, 0.2) is 12.2 Å². The highest BCUT2D eigenvalue weighted by atomic mass is 16.4. The van der Waals surface area contributed by atoms with E-state index in [-0.39, 0.29) is 6.04 Å². The number of nitrogens with one attached hydrogen (secondary N) is 1. The Hall–Kier alpha value is -1.89. The van der Waals surface area contributed by atoms with Crippen LogP contribution in [0.3, 0.4) is 0 Å². The van der Waals surface area contributed by atoms with Crippen molar-refractivity contribution in [2.75, 3.05) is 19.6 Å². The van der Waals surface area contributed by atoms with E-state index in [0.29, 0.717) is 18.7 Å². The van der Waals surface area contributed by atoms with Gasteiger partial charge in [-0.05, 0) is 26.3 Å². The molecule has 7 heteroatoms. The van der Waals surface area contributed by atoms with Gasteiger partial charge in [0.05, 0.1) is 0 Å². The van der Waals surface area contributed by atoms with Crippen molar-refractivity contribution < 1.29 is 19.5 Å². The number of hydrogen-bond donors (Lipinski definition) is 2. The maximum atomic E-state index is 12.1. The molecule has 2 rings (SSSR count). The second kappa shape index (κ2) is 6.71. The van der Waals surface area contributed by atoms with Gasteiger partial charge >= 0.3 is 12.0 Å². The van der Waals surface area contributed by atoms with Crippen molar-refractivity contribution in [2.24, 2.45) is 0 Å². The summed E-state index contributed by atoms with van der Waals surface area (Å²) in [5, 5.41) is 10.7. The fourth-order valence-electron chi connectivity index (χ4n) is 3.00. The SMILES string of the molecule is CC1CN2CCCCC2CN1C(=O)NC(=O)/C=C/C(=O)O. The highest BCUT2D eigenvalue weighted by molar-refractivity contribution is 6.02. The lowest BCUT2D eigenvalue weighted by Crippen LogP contribution is -2.62. The third-order valence-electron chi connectivity index (χ3n) is 4.06. The normalized spacial score (nSPS) is 26.4. The van der Waals surface area contributed by atoms with Gasteiger partial charge in [0.2, 0.25) is 0 Å². The van der Waals surface area contributed by atoms with Crippen LogP contribution in [0.5, 0.6) is 0 Å². The minimum Gasteiger partial charge on any atom is -0.478 e. The van der Waals surface area contributed by atoms with E-state index >= 15 is 0 Å². The molecule has 0 radical (unpaired) electrons. The van der Waals surface area contributed by atoms with Crippen molar-refractivity contribution >= 4 is 17.9 Å². The maximum absolute atomic E-state index is 12.1. The molecule has 2 N–H and O–H groups in total. The lowest BCUT2D eigenvalue weighted by atomic mass is 9.97. The summed E-state index contributed by atoms with van der Waals surface area (Å²) in [4.78, 5) is 38.0. The number of carbonyl (C=O) groups is 3. The molecule has 2 aliphatic heterocycles. The Balaban J connectivity index is 1.92. The summed E-state index contributed by atoms with van der Waals surface area (Å²) in [6.07, 6.45) is 5.01. The first-order valence-electron chi connectivity index (χ1n) is 7.24. The largest absolute Gasteiger partial charge is 0.478 e. The number of imide groups is 1. The summed E-state index contributed by atoms with van der Waals surface area (Å²) in [6, 6.07) is -0.0475. The average Bonchev–Trinajstić information content (AvgIpc) is 2.44. The van der Waals surface area contributed by atoms with E-state index in [1.807, 2.05) is 6.92 Å². The number of carboxylic acid groups (broad SMARTS) is 1. The fraction of sp³-hybridized carbons (Fsp3) is 0.643. The third-order valence-corrected chi connectivity index (χ3v) is 4.06. The molecule has 116 valence electrons. The van der Waals surface area contributed by atoms with E-state index in [2.05, 4.69) is 10.2 Å². The van der Waals surface area contributed by atoms with Gasteiger partial charge < -0.3 is 10.0 Å². The Kier molecular flexibility index (Phi) is 4.95. The Morgan fingerprint density at radius 2 is 1.95 bits per heavy atom. The number of urea groups is 1. The summed E-state index contributed by atoms with van der Waals surface area (Å²) in [7, 11) is 0. The van der Waals surface area contributed by atoms with Crippen molar-refractivity contribution in [2.45, 2.75) is 38.3 Å². The number of rotatable bonds is 2.